The second-order valence-electron chi connectivity index (χ2n) is 5.94. The third-order valence-electron chi connectivity index (χ3n) is 4.15. The third-order valence-corrected chi connectivity index (χ3v) is 4.15. The van der Waals surface area contributed by atoms with E-state index < -0.39 is 5.97 Å². The van der Waals surface area contributed by atoms with Gasteiger partial charge in [0.2, 0.25) is 0 Å². The number of nitrogens with zero attached hydrogens (tertiary/aromatic N) is 1. The number of aryl methyl sites for hydroxylation is 1. The summed E-state index contributed by atoms with van der Waals surface area (Å²) in [5.41, 5.74) is 1.44. The minimum atomic E-state index is -0.513. The van der Waals surface area contributed by atoms with Crippen molar-refractivity contribution >= 4 is 22.6 Å². The standard InChI is InChI=1S/C20H20N2O3/c1-14(16-10-5-8-15-7-3-4-9-17(15)16)21-19(23)13-25-20(24)18-11-6-12-22(18)2/h3-12,14H,13H2,1-2H3,(H,21,23)/t14-/m0/s1. The van der Waals surface area contributed by atoms with Crippen molar-refractivity contribution in [2.75, 3.05) is 6.61 Å². The fourth-order valence-electron chi connectivity index (χ4n) is 2.87. The van der Waals surface area contributed by atoms with Gasteiger partial charge in [-0.15, -0.1) is 0 Å². The van der Waals surface area contributed by atoms with Crippen LogP contribution in [0.15, 0.2) is 60.8 Å². The fourth-order valence-corrected chi connectivity index (χ4v) is 2.87. The van der Waals surface area contributed by atoms with Gasteiger partial charge in [-0.1, -0.05) is 42.5 Å². The van der Waals surface area contributed by atoms with E-state index >= 15 is 0 Å². The van der Waals surface area contributed by atoms with Crippen molar-refractivity contribution in [3.8, 4) is 0 Å². The number of hydrogen-bond donors (Lipinski definition) is 1. The first-order valence-electron chi connectivity index (χ1n) is 8.12. The van der Waals surface area contributed by atoms with Crippen LogP contribution in [0.2, 0.25) is 0 Å². The molecular weight excluding hydrogens is 316 g/mol. The molecular formula is C20H20N2O3. The number of hydrogen-bond acceptors (Lipinski definition) is 3. The first kappa shape index (κ1) is 16.8. The summed E-state index contributed by atoms with van der Waals surface area (Å²) in [6.07, 6.45) is 1.75. The van der Waals surface area contributed by atoms with Crippen LogP contribution >= 0.6 is 0 Å². The molecule has 2 aromatic carbocycles. The lowest BCUT2D eigenvalue weighted by atomic mass is 10.00. The third kappa shape index (κ3) is 3.71. The van der Waals surface area contributed by atoms with Gasteiger partial charge in [0.05, 0.1) is 6.04 Å². The van der Waals surface area contributed by atoms with E-state index in [0.717, 1.165) is 16.3 Å². The number of amides is 1. The Morgan fingerprint density at radius 3 is 2.60 bits per heavy atom. The predicted molar refractivity (Wildman–Crippen MR) is 96.2 cm³/mol. The van der Waals surface area contributed by atoms with Crippen LogP contribution in [-0.4, -0.2) is 23.1 Å². The van der Waals surface area contributed by atoms with E-state index in [9.17, 15) is 9.59 Å². The monoisotopic (exact) mass is 336 g/mol. The Bertz CT molecular complexity index is 909. The molecule has 1 heterocycles. The SMILES string of the molecule is C[C@H](NC(=O)COC(=O)c1cccn1C)c1cccc2ccccc12. The molecule has 5 heteroatoms. The number of aromatic nitrogens is 1. The molecule has 1 amide bonds. The number of esters is 1. The van der Waals surface area contributed by atoms with Crippen LogP contribution in [0.25, 0.3) is 10.8 Å². The van der Waals surface area contributed by atoms with E-state index in [-0.39, 0.29) is 18.6 Å². The van der Waals surface area contributed by atoms with Crippen molar-refractivity contribution in [1.82, 2.24) is 9.88 Å². The van der Waals surface area contributed by atoms with E-state index in [0.29, 0.717) is 5.69 Å². The topological polar surface area (TPSA) is 60.3 Å². The molecule has 3 aromatic rings. The summed E-state index contributed by atoms with van der Waals surface area (Å²) in [4.78, 5) is 24.1. The highest BCUT2D eigenvalue weighted by Crippen LogP contribution is 2.23. The first-order chi connectivity index (χ1) is 12.1. The molecule has 1 N–H and O–H groups in total. The van der Waals surface area contributed by atoms with Gasteiger partial charge in [0, 0.05) is 13.2 Å². The van der Waals surface area contributed by atoms with Crippen LogP contribution in [-0.2, 0) is 16.6 Å². The highest BCUT2D eigenvalue weighted by atomic mass is 16.5. The van der Waals surface area contributed by atoms with Crippen LogP contribution in [0.3, 0.4) is 0 Å². The second-order valence-corrected chi connectivity index (χ2v) is 5.94. The number of carbonyl (C=O) groups is 2. The maximum Gasteiger partial charge on any atom is 0.355 e. The molecule has 0 saturated carbocycles. The summed E-state index contributed by atoms with van der Waals surface area (Å²) < 4.78 is 6.73. The molecule has 5 nitrogen and oxygen atoms in total. The number of fused-ring (bicyclic) bond motifs is 1. The van der Waals surface area contributed by atoms with E-state index in [4.69, 9.17) is 4.74 Å². The van der Waals surface area contributed by atoms with E-state index in [2.05, 4.69) is 5.32 Å². The zero-order valence-electron chi connectivity index (χ0n) is 14.2. The van der Waals surface area contributed by atoms with Crippen LogP contribution in [0, 0.1) is 0 Å². The number of rotatable bonds is 5. The van der Waals surface area contributed by atoms with Crippen molar-refractivity contribution < 1.29 is 14.3 Å². The lowest BCUT2D eigenvalue weighted by molar-refractivity contribution is -0.124. The van der Waals surface area contributed by atoms with Gasteiger partial charge >= 0.3 is 5.97 Å². The lowest BCUT2D eigenvalue weighted by Gasteiger charge is -2.16. The Morgan fingerprint density at radius 1 is 1.08 bits per heavy atom. The Hall–Kier alpha value is -3.08. The zero-order chi connectivity index (χ0) is 17.8. The minimum absolute atomic E-state index is 0.188. The van der Waals surface area contributed by atoms with Gasteiger partial charge < -0.3 is 14.6 Å². The van der Waals surface area contributed by atoms with Crippen LogP contribution in [0.4, 0.5) is 0 Å². The molecule has 25 heavy (non-hydrogen) atoms. The normalized spacial score (nSPS) is 11.9. The van der Waals surface area contributed by atoms with Crippen molar-refractivity contribution in [3.05, 3.63) is 72.1 Å². The van der Waals surface area contributed by atoms with Gasteiger partial charge in [-0.25, -0.2) is 4.79 Å². The van der Waals surface area contributed by atoms with Crippen LogP contribution in [0.1, 0.15) is 29.0 Å². The molecule has 0 aliphatic carbocycles. The molecule has 3 rings (SSSR count). The lowest BCUT2D eigenvalue weighted by Crippen LogP contribution is -2.31. The van der Waals surface area contributed by atoms with Crippen molar-refractivity contribution in [2.45, 2.75) is 13.0 Å². The van der Waals surface area contributed by atoms with Gasteiger partial charge in [0.15, 0.2) is 6.61 Å². The zero-order valence-corrected chi connectivity index (χ0v) is 14.2. The van der Waals surface area contributed by atoms with E-state index in [1.165, 1.54) is 0 Å². The summed E-state index contributed by atoms with van der Waals surface area (Å²) in [5, 5.41) is 5.10. The second kappa shape index (κ2) is 7.21. The highest BCUT2D eigenvalue weighted by molar-refractivity contribution is 5.90. The minimum Gasteiger partial charge on any atom is -0.451 e. The van der Waals surface area contributed by atoms with Crippen LogP contribution < -0.4 is 5.32 Å². The predicted octanol–water partition coefficient (Wildman–Crippen LogP) is 3.21. The Kier molecular flexibility index (Phi) is 4.84. The van der Waals surface area contributed by atoms with E-state index in [1.807, 2.05) is 49.4 Å². The average Bonchev–Trinajstić information content (AvgIpc) is 3.05. The quantitative estimate of drug-likeness (QED) is 0.728. The average molecular weight is 336 g/mol. The Balaban J connectivity index is 1.62. The highest BCUT2D eigenvalue weighted by Gasteiger charge is 2.15. The van der Waals surface area contributed by atoms with E-state index in [1.54, 1.807) is 29.9 Å². The van der Waals surface area contributed by atoms with Gasteiger partial charge in [-0.2, -0.15) is 0 Å². The molecule has 0 aliphatic rings. The molecule has 0 saturated heterocycles. The summed E-state index contributed by atoms with van der Waals surface area (Å²) >= 11 is 0. The number of benzene rings is 2. The van der Waals surface area contributed by atoms with Crippen molar-refractivity contribution in [2.24, 2.45) is 7.05 Å². The maximum atomic E-state index is 12.1. The summed E-state index contributed by atoms with van der Waals surface area (Å²) in [5.74, 6) is -0.844. The molecule has 0 fully saturated rings. The summed E-state index contributed by atoms with van der Waals surface area (Å²) in [6, 6.07) is 17.2. The number of carbonyl (C=O) groups excluding carboxylic acids is 2. The molecule has 1 aromatic heterocycles. The van der Waals surface area contributed by atoms with Gasteiger partial charge in [-0.3, -0.25) is 4.79 Å². The molecule has 128 valence electrons. The summed E-state index contributed by atoms with van der Waals surface area (Å²) in [6.45, 7) is 1.61. The molecule has 0 aliphatic heterocycles. The molecule has 1 atom stereocenters. The van der Waals surface area contributed by atoms with Gasteiger partial charge in [0.1, 0.15) is 5.69 Å². The smallest absolute Gasteiger partial charge is 0.355 e. The Labute approximate surface area is 146 Å². The fraction of sp³-hybridized carbons (Fsp3) is 0.200. The number of nitrogens with one attached hydrogen (secondary N) is 1. The molecule has 0 spiro atoms. The van der Waals surface area contributed by atoms with Crippen LogP contribution in [0.5, 0.6) is 0 Å². The largest absolute Gasteiger partial charge is 0.451 e. The molecule has 0 unspecified atom stereocenters. The van der Waals surface area contributed by atoms with Gasteiger partial charge in [0.25, 0.3) is 5.91 Å². The maximum absolute atomic E-state index is 12.1. The van der Waals surface area contributed by atoms with Crippen molar-refractivity contribution in [3.63, 3.8) is 0 Å². The molecule has 0 bridgehead atoms. The van der Waals surface area contributed by atoms with Gasteiger partial charge in [-0.05, 0) is 35.4 Å². The number of ether oxygens (including phenoxy) is 1. The first-order valence-corrected chi connectivity index (χ1v) is 8.12. The van der Waals surface area contributed by atoms with Crippen molar-refractivity contribution in [1.29, 1.82) is 0 Å². The Morgan fingerprint density at radius 2 is 1.84 bits per heavy atom. The summed E-state index contributed by atoms with van der Waals surface area (Å²) in [7, 11) is 1.75. The molecule has 0 radical (unpaired) electrons.